The molecule has 1 aliphatic carbocycles. The third-order valence-corrected chi connectivity index (χ3v) is 3.35. The Labute approximate surface area is 95.0 Å². The molecule has 0 heterocycles. The maximum absolute atomic E-state index is 5.81. The molecule has 3 atom stereocenters. The maximum Gasteiger partial charge on any atom is 0.00991 e. The summed E-state index contributed by atoms with van der Waals surface area (Å²) in [6.45, 7) is 11.1. The van der Waals surface area contributed by atoms with Crippen LogP contribution in [0.4, 0.5) is 0 Å². The van der Waals surface area contributed by atoms with Gasteiger partial charge in [-0.25, -0.2) is 0 Å². The molecule has 0 radical (unpaired) electrons. The molecule has 0 bridgehead atoms. The van der Waals surface area contributed by atoms with Gasteiger partial charge in [0.2, 0.25) is 0 Å². The third kappa shape index (κ3) is 4.98. The molecule has 3 N–H and O–H groups in total. The molecular weight excluding hydrogens is 184 g/mol. The van der Waals surface area contributed by atoms with Gasteiger partial charge in [0.1, 0.15) is 0 Å². The summed E-state index contributed by atoms with van der Waals surface area (Å²) in [5, 5.41) is 3.65. The Morgan fingerprint density at radius 3 is 2.47 bits per heavy atom. The van der Waals surface area contributed by atoms with Crippen molar-refractivity contribution in [3.63, 3.8) is 0 Å². The van der Waals surface area contributed by atoms with E-state index >= 15 is 0 Å². The van der Waals surface area contributed by atoms with Crippen LogP contribution in [0.1, 0.15) is 47.0 Å². The highest BCUT2D eigenvalue weighted by Gasteiger charge is 2.35. The van der Waals surface area contributed by atoms with E-state index < -0.39 is 0 Å². The highest BCUT2D eigenvalue weighted by atomic mass is 15.0. The van der Waals surface area contributed by atoms with Crippen LogP contribution in [-0.2, 0) is 0 Å². The molecule has 0 saturated heterocycles. The van der Waals surface area contributed by atoms with Crippen molar-refractivity contribution in [3.05, 3.63) is 0 Å². The number of rotatable bonds is 6. The van der Waals surface area contributed by atoms with E-state index in [1.54, 1.807) is 0 Å². The zero-order chi connectivity index (χ0) is 11.5. The van der Waals surface area contributed by atoms with Gasteiger partial charge in [-0.1, -0.05) is 34.1 Å². The van der Waals surface area contributed by atoms with E-state index in [1.807, 2.05) is 0 Å². The molecule has 0 aliphatic heterocycles. The third-order valence-electron chi connectivity index (χ3n) is 3.35. The van der Waals surface area contributed by atoms with E-state index in [0.717, 1.165) is 25.0 Å². The fraction of sp³-hybridized carbons (Fsp3) is 1.00. The van der Waals surface area contributed by atoms with Crippen LogP contribution >= 0.6 is 0 Å². The lowest BCUT2D eigenvalue weighted by Crippen LogP contribution is -2.32. The molecule has 0 amide bonds. The SMILES string of the molecule is CCC1CC1NCC(CN)CC(C)(C)C. The van der Waals surface area contributed by atoms with Gasteiger partial charge in [-0.05, 0) is 43.2 Å². The monoisotopic (exact) mass is 212 g/mol. The van der Waals surface area contributed by atoms with Crippen molar-refractivity contribution in [2.45, 2.75) is 53.0 Å². The smallest absolute Gasteiger partial charge is 0.00991 e. The normalized spacial score (nSPS) is 27.8. The summed E-state index contributed by atoms with van der Waals surface area (Å²) in [5.41, 5.74) is 6.22. The Kier molecular flexibility index (Phi) is 4.60. The average molecular weight is 212 g/mol. The predicted octanol–water partition coefficient (Wildman–Crippen LogP) is 2.39. The van der Waals surface area contributed by atoms with E-state index in [1.165, 1.54) is 19.3 Å². The summed E-state index contributed by atoms with van der Waals surface area (Å²) < 4.78 is 0. The first-order valence-electron chi connectivity index (χ1n) is 6.39. The molecule has 1 rings (SSSR count). The van der Waals surface area contributed by atoms with E-state index in [4.69, 9.17) is 5.73 Å². The van der Waals surface area contributed by atoms with Gasteiger partial charge in [0.15, 0.2) is 0 Å². The first-order valence-corrected chi connectivity index (χ1v) is 6.39. The largest absolute Gasteiger partial charge is 0.330 e. The van der Waals surface area contributed by atoms with Crippen molar-refractivity contribution in [1.29, 1.82) is 0 Å². The lowest BCUT2D eigenvalue weighted by atomic mass is 9.84. The number of nitrogens with two attached hydrogens (primary N) is 1. The Bertz CT molecular complexity index is 183. The van der Waals surface area contributed by atoms with Crippen molar-refractivity contribution in [3.8, 4) is 0 Å². The molecule has 15 heavy (non-hydrogen) atoms. The second kappa shape index (κ2) is 5.31. The quantitative estimate of drug-likeness (QED) is 0.709. The maximum atomic E-state index is 5.81. The number of hydrogen-bond acceptors (Lipinski definition) is 2. The van der Waals surface area contributed by atoms with Gasteiger partial charge in [-0.2, -0.15) is 0 Å². The molecule has 2 heteroatoms. The summed E-state index contributed by atoms with van der Waals surface area (Å²) in [7, 11) is 0. The average Bonchev–Trinajstić information content (AvgIpc) is 2.89. The second-order valence-electron chi connectivity index (χ2n) is 6.29. The van der Waals surface area contributed by atoms with Crippen LogP contribution in [0.5, 0.6) is 0 Å². The van der Waals surface area contributed by atoms with Crippen molar-refractivity contribution < 1.29 is 0 Å². The van der Waals surface area contributed by atoms with E-state index in [2.05, 4.69) is 33.0 Å². The summed E-state index contributed by atoms with van der Waals surface area (Å²) in [6.07, 6.45) is 3.92. The standard InChI is InChI=1S/C13H28N2/c1-5-11-6-12(11)15-9-10(8-14)7-13(2,3)4/h10-12,15H,5-9,14H2,1-4H3. The van der Waals surface area contributed by atoms with Gasteiger partial charge in [0, 0.05) is 6.04 Å². The fourth-order valence-corrected chi connectivity index (χ4v) is 2.37. The van der Waals surface area contributed by atoms with E-state index in [-0.39, 0.29) is 0 Å². The minimum absolute atomic E-state index is 0.402. The molecule has 1 saturated carbocycles. The Balaban J connectivity index is 2.17. The lowest BCUT2D eigenvalue weighted by Gasteiger charge is -2.25. The summed E-state index contributed by atoms with van der Waals surface area (Å²) >= 11 is 0. The molecule has 0 aromatic heterocycles. The molecule has 1 aliphatic rings. The highest BCUT2D eigenvalue weighted by molar-refractivity contribution is 4.92. The van der Waals surface area contributed by atoms with Crippen LogP contribution in [0.2, 0.25) is 0 Å². The Morgan fingerprint density at radius 1 is 1.40 bits per heavy atom. The van der Waals surface area contributed by atoms with Crippen LogP contribution in [0.15, 0.2) is 0 Å². The first-order chi connectivity index (χ1) is 6.96. The van der Waals surface area contributed by atoms with E-state index in [0.29, 0.717) is 11.3 Å². The second-order valence-corrected chi connectivity index (χ2v) is 6.29. The molecule has 2 nitrogen and oxygen atoms in total. The van der Waals surface area contributed by atoms with Crippen molar-refractivity contribution in [2.24, 2.45) is 23.0 Å². The Hall–Kier alpha value is -0.0800. The van der Waals surface area contributed by atoms with Gasteiger partial charge in [0.25, 0.3) is 0 Å². The summed E-state index contributed by atoms with van der Waals surface area (Å²) in [6, 6.07) is 0.795. The van der Waals surface area contributed by atoms with Gasteiger partial charge in [0.05, 0.1) is 0 Å². The number of nitrogens with one attached hydrogen (secondary N) is 1. The van der Waals surface area contributed by atoms with Crippen molar-refractivity contribution in [2.75, 3.05) is 13.1 Å². The molecule has 1 fully saturated rings. The van der Waals surface area contributed by atoms with Crippen LogP contribution in [-0.4, -0.2) is 19.1 Å². The molecule has 0 aromatic carbocycles. The Morgan fingerprint density at radius 2 is 2.07 bits per heavy atom. The van der Waals surface area contributed by atoms with Crippen LogP contribution in [0.3, 0.4) is 0 Å². The van der Waals surface area contributed by atoms with Gasteiger partial charge in [-0.3, -0.25) is 0 Å². The van der Waals surface area contributed by atoms with Gasteiger partial charge in [-0.15, -0.1) is 0 Å². The van der Waals surface area contributed by atoms with E-state index in [9.17, 15) is 0 Å². The fourth-order valence-electron chi connectivity index (χ4n) is 2.37. The molecule has 90 valence electrons. The number of hydrogen-bond donors (Lipinski definition) is 2. The van der Waals surface area contributed by atoms with Gasteiger partial charge < -0.3 is 11.1 Å². The van der Waals surface area contributed by atoms with Crippen LogP contribution in [0, 0.1) is 17.3 Å². The molecule has 0 spiro atoms. The van der Waals surface area contributed by atoms with Crippen molar-refractivity contribution in [1.82, 2.24) is 5.32 Å². The van der Waals surface area contributed by atoms with Gasteiger partial charge >= 0.3 is 0 Å². The minimum Gasteiger partial charge on any atom is -0.330 e. The van der Waals surface area contributed by atoms with Crippen LogP contribution < -0.4 is 11.1 Å². The highest BCUT2D eigenvalue weighted by Crippen LogP contribution is 2.33. The zero-order valence-corrected chi connectivity index (χ0v) is 10.8. The molecule has 0 aromatic rings. The van der Waals surface area contributed by atoms with Crippen molar-refractivity contribution >= 4 is 0 Å². The lowest BCUT2D eigenvalue weighted by molar-refractivity contribution is 0.288. The minimum atomic E-state index is 0.402. The summed E-state index contributed by atoms with van der Waals surface area (Å²) in [5.74, 6) is 1.58. The molecule has 3 unspecified atom stereocenters. The topological polar surface area (TPSA) is 38.0 Å². The zero-order valence-electron chi connectivity index (χ0n) is 10.8. The first kappa shape index (κ1) is 13.0. The predicted molar refractivity (Wildman–Crippen MR) is 66.8 cm³/mol. The summed E-state index contributed by atoms with van der Waals surface area (Å²) in [4.78, 5) is 0. The van der Waals surface area contributed by atoms with Crippen LogP contribution in [0.25, 0.3) is 0 Å². The molecular formula is C13H28N2.